The second-order valence-corrected chi connectivity index (χ2v) is 6.87. The van der Waals surface area contributed by atoms with Gasteiger partial charge in [-0.2, -0.15) is 5.26 Å². The van der Waals surface area contributed by atoms with E-state index < -0.39 is 7.32 Å². The van der Waals surface area contributed by atoms with Crippen LogP contribution in [-0.4, -0.2) is 14.4 Å². The molecule has 0 unspecified atom stereocenters. The summed E-state index contributed by atoms with van der Waals surface area (Å²) in [6.45, 7) is 0. The maximum atomic E-state index is 11.6. The molecule has 6 heteroatoms. The molecule has 5 nitrogen and oxygen atoms in total. The Morgan fingerprint density at radius 1 is 0.839 bits per heavy atom. The van der Waals surface area contributed by atoms with Gasteiger partial charge in [0.15, 0.2) is 12.3 Å². The molecule has 0 amide bonds. The molecule has 0 aliphatic heterocycles. The molecule has 0 aliphatic carbocycles. The standard InChI is InChI=1S/C19H14BO3.C6H4N2/c1-22-20(21)23-18-8-4-7-13-9-10-16-11-14-5-2-3-6-15(14)12-17(16)19(13)18;7-5-6-3-1-2-4-8-6/h2-12H,1H3;1-4H/q-1;/p+1. The van der Waals surface area contributed by atoms with E-state index in [0.717, 1.165) is 26.9 Å². The molecule has 31 heavy (non-hydrogen) atoms. The zero-order chi connectivity index (χ0) is 21.6. The molecule has 0 atom stereocenters. The number of nitriles is 1. The van der Waals surface area contributed by atoms with Crippen LogP contribution in [0.25, 0.3) is 32.3 Å². The molecule has 0 saturated carbocycles. The second-order valence-electron chi connectivity index (χ2n) is 6.87. The first kappa shape index (κ1) is 20.4. The largest absolute Gasteiger partial charge is 0.820 e. The lowest BCUT2D eigenvalue weighted by molar-refractivity contribution is -0.382. The summed E-state index contributed by atoms with van der Waals surface area (Å²) in [5, 5.41) is 26.4. The third kappa shape index (κ3) is 4.48. The van der Waals surface area contributed by atoms with E-state index in [1.807, 2.05) is 48.5 Å². The van der Waals surface area contributed by atoms with E-state index in [-0.39, 0.29) is 0 Å². The van der Waals surface area contributed by atoms with Gasteiger partial charge in [0.05, 0.1) is 0 Å². The van der Waals surface area contributed by atoms with Crippen LogP contribution in [0.3, 0.4) is 0 Å². The maximum absolute atomic E-state index is 11.6. The number of H-pyrrole nitrogens is 1. The Kier molecular flexibility index (Phi) is 6.09. The minimum Gasteiger partial charge on any atom is -0.820 e. The van der Waals surface area contributed by atoms with Crippen LogP contribution in [0.15, 0.2) is 91.1 Å². The molecule has 150 valence electrons. The van der Waals surface area contributed by atoms with E-state index in [2.05, 4.69) is 35.3 Å². The molecule has 0 fully saturated rings. The lowest BCUT2D eigenvalue weighted by Crippen LogP contribution is -2.39. The van der Waals surface area contributed by atoms with Gasteiger partial charge in [-0.05, 0) is 51.2 Å². The van der Waals surface area contributed by atoms with Crippen molar-refractivity contribution in [1.29, 1.82) is 5.26 Å². The van der Waals surface area contributed by atoms with Gasteiger partial charge in [-0.25, -0.2) is 4.98 Å². The van der Waals surface area contributed by atoms with Gasteiger partial charge in [-0.15, -0.1) is 0 Å². The van der Waals surface area contributed by atoms with Gasteiger partial charge < -0.3 is 14.3 Å². The number of nitrogens with zero attached hydrogens (tertiary/aromatic N) is 1. The Balaban J connectivity index is 0.000000245. The molecular weight excluding hydrogens is 387 g/mol. The molecule has 0 radical (unpaired) electrons. The van der Waals surface area contributed by atoms with E-state index in [1.165, 1.54) is 12.5 Å². The van der Waals surface area contributed by atoms with Crippen molar-refractivity contribution in [2.24, 2.45) is 0 Å². The van der Waals surface area contributed by atoms with E-state index in [0.29, 0.717) is 11.4 Å². The van der Waals surface area contributed by atoms with E-state index in [9.17, 15) is 5.02 Å². The quantitative estimate of drug-likeness (QED) is 0.259. The van der Waals surface area contributed by atoms with Crippen molar-refractivity contribution in [3.8, 4) is 11.8 Å². The number of aromatic nitrogens is 1. The van der Waals surface area contributed by atoms with Crippen LogP contribution in [-0.2, 0) is 4.65 Å². The molecule has 0 saturated heterocycles. The Hall–Kier alpha value is -3.92. The average molecular weight is 406 g/mol. The van der Waals surface area contributed by atoms with Crippen molar-refractivity contribution >= 4 is 39.6 Å². The predicted octanol–water partition coefficient (Wildman–Crippen LogP) is 3.89. The Bertz CT molecular complexity index is 1380. The molecule has 5 aromatic rings. The van der Waals surface area contributed by atoms with Crippen molar-refractivity contribution in [1.82, 2.24) is 0 Å². The fraction of sp³-hybridized carbons (Fsp3) is 0.0400. The molecular formula is C25H19BN2O3. The van der Waals surface area contributed by atoms with Crippen LogP contribution in [0.1, 0.15) is 5.69 Å². The lowest BCUT2D eigenvalue weighted by atomic mass is 9.97. The van der Waals surface area contributed by atoms with Crippen molar-refractivity contribution in [2.75, 3.05) is 7.11 Å². The smallest absolute Gasteiger partial charge is 0.418 e. The van der Waals surface area contributed by atoms with E-state index in [1.54, 1.807) is 18.3 Å². The number of fused-ring (bicyclic) bond motifs is 4. The van der Waals surface area contributed by atoms with Crippen molar-refractivity contribution < 1.29 is 19.3 Å². The summed E-state index contributed by atoms with van der Waals surface area (Å²) in [5.74, 6) is 0.547. The molecule has 4 aromatic carbocycles. The molecule has 1 heterocycles. The molecule has 5 rings (SSSR count). The normalized spacial score (nSPS) is 10.4. The molecule has 1 N–H and O–H groups in total. The Morgan fingerprint density at radius 3 is 2.23 bits per heavy atom. The van der Waals surface area contributed by atoms with Crippen LogP contribution in [0.4, 0.5) is 0 Å². The fourth-order valence-electron chi connectivity index (χ4n) is 3.48. The zero-order valence-electron chi connectivity index (χ0n) is 16.9. The third-order valence-electron chi connectivity index (χ3n) is 4.93. The van der Waals surface area contributed by atoms with E-state index >= 15 is 0 Å². The highest BCUT2D eigenvalue weighted by Crippen LogP contribution is 2.35. The van der Waals surface area contributed by atoms with Crippen LogP contribution >= 0.6 is 0 Å². The number of rotatable bonds is 3. The van der Waals surface area contributed by atoms with Gasteiger partial charge in [0.1, 0.15) is 5.75 Å². The summed E-state index contributed by atoms with van der Waals surface area (Å²) >= 11 is 0. The first-order chi connectivity index (χ1) is 15.2. The summed E-state index contributed by atoms with van der Waals surface area (Å²) in [5.41, 5.74) is 0.590. The van der Waals surface area contributed by atoms with Crippen LogP contribution in [0.2, 0.25) is 0 Å². The number of benzene rings is 4. The summed E-state index contributed by atoms with van der Waals surface area (Å²) in [6.07, 6.45) is 1.72. The summed E-state index contributed by atoms with van der Waals surface area (Å²) < 4.78 is 10.1. The first-order valence-corrected chi connectivity index (χ1v) is 9.76. The molecule has 1 aromatic heterocycles. The van der Waals surface area contributed by atoms with Gasteiger partial charge in [0, 0.05) is 24.6 Å². The maximum Gasteiger partial charge on any atom is 0.418 e. The zero-order valence-corrected chi connectivity index (χ0v) is 16.9. The SMILES string of the molecule is COB([O-])Oc1cccc2ccc3cc4ccccc4cc3c12.N#Cc1cccc[nH+]1. The minimum absolute atomic E-state index is 0.547. The average Bonchev–Trinajstić information content (AvgIpc) is 2.83. The highest BCUT2D eigenvalue weighted by atomic mass is 16.7. The van der Waals surface area contributed by atoms with Gasteiger partial charge in [0.25, 0.3) is 5.69 Å². The molecule has 0 spiro atoms. The van der Waals surface area contributed by atoms with Gasteiger partial charge in [-0.3, -0.25) is 0 Å². The number of pyridine rings is 1. The Labute approximate surface area is 180 Å². The topological polar surface area (TPSA) is 79.5 Å². The summed E-state index contributed by atoms with van der Waals surface area (Å²) in [6, 6.07) is 29.7. The predicted molar refractivity (Wildman–Crippen MR) is 120 cm³/mol. The van der Waals surface area contributed by atoms with Crippen molar-refractivity contribution in [3.05, 3.63) is 96.8 Å². The van der Waals surface area contributed by atoms with Crippen molar-refractivity contribution in [3.63, 3.8) is 0 Å². The van der Waals surface area contributed by atoms with Crippen LogP contribution in [0, 0.1) is 11.3 Å². The number of nitrogens with one attached hydrogen (secondary N) is 1. The van der Waals surface area contributed by atoms with Crippen molar-refractivity contribution in [2.45, 2.75) is 0 Å². The van der Waals surface area contributed by atoms with Crippen LogP contribution < -0.4 is 14.7 Å². The van der Waals surface area contributed by atoms with Gasteiger partial charge >= 0.3 is 7.32 Å². The monoisotopic (exact) mass is 406 g/mol. The molecule has 0 bridgehead atoms. The second kappa shape index (κ2) is 9.27. The summed E-state index contributed by atoms with van der Waals surface area (Å²) in [4.78, 5) is 2.76. The highest BCUT2D eigenvalue weighted by molar-refractivity contribution is 6.34. The number of aromatic amines is 1. The van der Waals surface area contributed by atoms with Gasteiger partial charge in [-0.1, -0.05) is 48.5 Å². The third-order valence-corrected chi connectivity index (χ3v) is 4.93. The highest BCUT2D eigenvalue weighted by Gasteiger charge is 2.10. The minimum atomic E-state index is -1.53. The summed E-state index contributed by atoms with van der Waals surface area (Å²) in [7, 11) is -0.190. The number of hydrogen-bond donors (Lipinski definition) is 0. The van der Waals surface area contributed by atoms with Crippen LogP contribution in [0.5, 0.6) is 5.75 Å². The van der Waals surface area contributed by atoms with Gasteiger partial charge in [0.2, 0.25) is 0 Å². The fourth-order valence-corrected chi connectivity index (χ4v) is 3.48. The first-order valence-electron chi connectivity index (χ1n) is 9.76. The number of hydrogen-bond acceptors (Lipinski definition) is 4. The Morgan fingerprint density at radius 2 is 1.55 bits per heavy atom. The lowest BCUT2D eigenvalue weighted by Gasteiger charge is -2.20. The molecule has 0 aliphatic rings. The van der Waals surface area contributed by atoms with E-state index in [4.69, 9.17) is 14.6 Å².